The number of nitrogens with one attached hydrogen (secondary N) is 1. The number of alkyl halides is 3. The van der Waals surface area contributed by atoms with Gasteiger partial charge in [-0.1, -0.05) is 25.1 Å². The van der Waals surface area contributed by atoms with Gasteiger partial charge in [0.2, 0.25) is 5.91 Å². The van der Waals surface area contributed by atoms with E-state index in [9.17, 15) is 18.0 Å². The van der Waals surface area contributed by atoms with Crippen molar-refractivity contribution in [3.8, 4) is 11.5 Å². The van der Waals surface area contributed by atoms with E-state index in [1.807, 2.05) is 18.2 Å². The smallest absolute Gasteiger partial charge is 0.416 e. The van der Waals surface area contributed by atoms with Crippen LogP contribution in [0.15, 0.2) is 42.5 Å². The number of rotatable bonds is 8. The SMILES string of the molecule is CC(c1ccc2c(c1)OCCCO2)C(CN1CCCC1)NC(=O)CCc1ccc(C(F)(F)F)cc1. The molecule has 2 aromatic rings. The lowest BCUT2D eigenvalue weighted by atomic mass is 9.92. The molecule has 2 aromatic carbocycles. The van der Waals surface area contributed by atoms with Crippen LogP contribution in [0.25, 0.3) is 0 Å². The molecule has 1 saturated heterocycles. The summed E-state index contributed by atoms with van der Waals surface area (Å²) in [6.07, 6.45) is -0.595. The van der Waals surface area contributed by atoms with Crippen molar-refractivity contribution in [3.05, 3.63) is 59.2 Å². The van der Waals surface area contributed by atoms with Crippen LogP contribution < -0.4 is 14.8 Å². The number of carbonyl (C=O) groups excluding carboxylic acids is 1. The van der Waals surface area contributed by atoms with Crippen molar-refractivity contribution in [1.82, 2.24) is 10.2 Å². The van der Waals surface area contributed by atoms with Crippen molar-refractivity contribution >= 4 is 5.91 Å². The molecule has 0 aromatic heterocycles. The van der Waals surface area contributed by atoms with Crippen LogP contribution in [0.2, 0.25) is 0 Å². The normalized spacial score (nSPS) is 18.1. The van der Waals surface area contributed by atoms with Gasteiger partial charge in [-0.15, -0.1) is 0 Å². The molecule has 0 saturated carbocycles. The van der Waals surface area contributed by atoms with Crippen LogP contribution in [0.1, 0.15) is 55.2 Å². The average molecular weight is 491 g/mol. The van der Waals surface area contributed by atoms with Gasteiger partial charge in [0.15, 0.2) is 11.5 Å². The van der Waals surface area contributed by atoms with E-state index in [2.05, 4.69) is 17.1 Å². The first-order valence-corrected chi connectivity index (χ1v) is 12.4. The summed E-state index contributed by atoms with van der Waals surface area (Å²) in [4.78, 5) is 15.3. The van der Waals surface area contributed by atoms with Crippen molar-refractivity contribution < 1.29 is 27.4 Å². The van der Waals surface area contributed by atoms with Gasteiger partial charge in [0, 0.05) is 31.3 Å². The molecule has 2 heterocycles. The van der Waals surface area contributed by atoms with Gasteiger partial charge in [0.1, 0.15) is 0 Å². The van der Waals surface area contributed by atoms with E-state index < -0.39 is 11.7 Å². The van der Waals surface area contributed by atoms with Crippen molar-refractivity contribution in [2.24, 2.45) is 0 Å². The Bertz CT molecular complexity index is 988. The van der Waals surface area contributed by atoms with Crippen LogP contribution >= 0.6 is 0 Å². The number of hydrogen-bond acceptors (Lipinski definition) is 4. The van der Waals surface area contributed by atoms with E-state index in [1.54, 1.807) is 0 Å². The molecule has 190 valence electrons. The number of nitrogens with zero attached hydrogens (tertiary/aromatic N) is 1. The lowest BCUT2D eigenvalue weighted by Crippen LogP contribution is -2.46. The topological polar surface area (TPSA) is 50.8 Å². The quantitative estimate of drug-likeness (QED) is 0.554. The number of fused-ring (bicyclic) bond motifs is 1. The number of hydrogen-bond donors (Lipinski definition) is 1. The average Bonchev–Trinajstić information content (AvgIpc) is 3.24. The summed E-state index contributed by atoms with van der Waals surface area (Å²) in [5.74, 6) is 1.42. The van der Waals surface area contributed by atoms with Crippen LogP contribution in [-0.4, -0.2) is 49.7 Å². The molecule has 0 spiro atoms. The first kappa shape index (κ1) is 25.4. The van der Waals surface area contributed by atoms with Crippen LogP contribution in [0.3, 0.4) is 0 Å². The highest BCUT2D eigenvalue weighted by molar-refractivity contribution is 5.76. The second-order valence-electron chi connectivity index (χ2n) is 9.42. The number of halogens is 3. The maximum atomic E-state index is 12.9. The summed E-state index contributed by atoms with van der Waals surface area (Å²) in [6, 6.07) is 10.9. The highest BCUT2D eigenvalue weighted by Gasteiger charge is 2.30. The summed E-state index contributed by atoms with van der Waals surface area (Å²) in [5, 5.41) is 3.21. The van der Waals surface area contributed by atoms with Crippen molar-refractivity contribution in [2.75, 3.05) is 32.8 Å². The Hall–Kier alpha value is -2.74. The summed E-state index contributed by atoms with van der Waals surface area (Å²) < 4.78 is 50.0. The number of likely N-dealkylation sites (tertiary alicyclic amines) is 1. The van der Waals surface area contributed by atoms with Crippen molar-refractivity contribution in [3.63, 3.8) is 0 Å². The first-order chi connectivity index (χ1) is 16.8. The van der Waals surface area contributed by atoms with Crippen LogP contribution in [0.4, 0.5) is 13.2 Å². The summed E-state index contributed by atoms with van der Waals surface area (Å²) >= 11 is 0. The van der Waals surface area contributed by atoms with Crippen LogP contribution in [0.5, 0.6) is 11.5 Å². The Labute approximate surface area is 204 Å². The zero-order valence-corrected chi connectivity index (χ0v) is 20.1. The van der Waals surface area contributed by atoms with E-state index in [0.717, 1.165) is 68.1 Å². The largest absolute Gasteiger partial charge is 0.490 e. The first-order valence-electron chi connectivity index (χ1n) is 12.4. The molecule has 1 amide bonds. The van der Waals surface area contributed by atoms with Crippen molar-refractivity contribution in [2.45, 2.75) is 57.2 Å². The molecule has 2 unspecified atom stereocenters. The van der Waals surface area contributed by atoms with Gasteiger partial charge < -0.3 is 19.7 Å². The fourth-order valence-electron chi connectivity index (χ4n) is 4.66. The fourth-order valence-corrected chi connectivity index (χ4v) is 4.66. The minimum atomic E-state index is -4.36. The van der Waals surface area contributed by atoms with E-state index in [-0.39, 0.29) is 24.3 Å². The third-order valence-corrected chi connectivity index (χ3v) is 6.82. The Morgan fingerprint density at radius 1 is 1.00 bits per heavy atom. The Morgan fingerprint density at radius 3 is 2.37 bits per heavy atom. The molecule has 5 nitrogen and oxygen atoms in total. The van der Waals surface area contributed by atoms with Gasteiger partial charge in [-0.2, -0.15) is 13.2 Å². The number of benzene rings is 2. The van der Waals surface area contributed by atoms with Crippen molar-refractivity contribution in [1.29, 1.82) is 0 Å². The van der Waals surface area contributed by atoms with Gasteiger partial charge >= 0.3 is 6.18 Å². The molecule has 0 bridgehead atoms. The molecule has 35 heavy (non-hydrogen) atoms. The molecule has 1 fully saturated rings. The van der Waals surface area contributed by atoms with E-state index in [4.69, 9.17) is 9.47 Å². The molecule has 2 atom stereocenters. The second kappa shape index (κ2) is 11.3. The number of amides is 1. The molecule has 2 aliphatic rings. The van der Waals surface area contributed by atoms with Gasteiger partial charge in [-0.25, -0.2) is 0 Å². The minimum Gasteiger partial charge on any atom is -0.490 e. The van der Waals surface area contributed by atoms with Gasteiger partial charge in [-0.3, -0.25) is 4.79 Å². The maximum absolute atomic E-state index is 12.9. The molecular formula is C27H33F3N2O3. The van der Waals surface area contributed by atoms with Gasteiger partial charge in [0.05, 0.1) is 18.8 Å². The molecule has 8 heteroatoms. The second-order valence-corrected chi connectivity index (χ2v) is 9.42. The van der Waals surface area contributed by atoms with Crippen LogP contribution in [-0.2, 0) is 17.4 Å². The summed E-state index contributed by atoms with van der Waals surface area (Å²) in [7, 11) is 0. The lowest BCUT2D eigenvalue weighted by molar-refractivity contribution is -0.137. The summed E-state index contributed by atoms with van der Waals surface area (Å²) in [5.41, 5.74) is 1.10. The monoisotopic (exact) mass is 490 g/mol. The highest BCUT2D eigenvalue weighted by Crippen LogP contribution is 2.34. The standard InChI is InChI=1S/C27H33F3N2O3/c1-19(21-8-11-24-25(17-21)35-16-4-15-34-24)23(18-32-13-2-3-14-32)31-26(33)12-7-20-5-9-22(10-6-20)27(28,29)30/h5-6,8-11,17,19,23H,2-4,7,12-16,18H2,1H3,(H,31,33). The number of ether oxygens (including phenoxy) is 2. The van der Waals surface area contributed by atoms with Crippen LogP contribution in [0, 0.1) is 0 Å². The Balaban J connectivity index is 1.41. The predicted molar refractivity (Wildman–Crippen MR) is 128 cm³/mol. The fraction of sp³-hybridized carbons (Fsp3) is 0.519. The third-order valence-electron chi connectivity index (χ3n) is 6.82. The minimum absolute atomic E-state index is 0.0442. The Kier molecular flexibility index (Phi) is 8.21. The highest BCUT2D eigenvalue weighted by atomic mass is 19.4. The zero-order valence-electron chi connectivity index (χ0n) is 20.1. The third kappa shape index (κ3) is 6.90. The van der Waals surface area contributed by atoms with E-state index in [1.165, 1.54) is 12.1 Å². The molecule has 4 rings (SSSR count). The number of aryl methyl sites for hydroxylation is 1. The zero-order chi connectivity index (χ0) is 24.8. The maximum Gasteiger partial charge on any atom is 0.416 e. The van der Waals surface area contributed by atoms with Gasteiger partial charge in [-0.05, 0) is 67.7 Å². The van der Waals surface area contributed by atoms with E-state index in [0.29, 0.717) is 25.2 Å². The molecule has 0 radical (unpaired) electrons. The van der Waals surface area contributed by atoms with Gasteiger partial charge in [0.25, 0.3) is 0 Å². The Morgan fingerprint density at radius 2 is 1.69 bits per heavy atom. The predicted octanol–water partition coefficient (Wildman–Crippen LogP) is 5.18. The lowest BCUT2D eigenvalue weighted by Gasteiger charge is -2.30. The van der Waals surface area contributed by atoms with E-state index >= 15 is 0 Å². The molecular weight excluding hydrogens is 457 g/mol. The summed E-state index contributed by atoms with van der Waals surface area (Å²) in [6.45, 7) is 6.15. The molecule has 0 aliphatic carbocycles. The molecule has 1 N–H and O–H groups in total. The number of carbonyl (C=O) groups is 1. The molecule has 2 aliphatic heterocycles.